The van der Waals surface area contributed by atoms with Crippen LogP contribution in [0.25, 0.3) is 0 Å². The molecule has 0 radical (unpaired) electrons. The number of benzene rings is 1. The van der Waals surface area contributed by atoms with Gasteiger partial charge in [0.2, 0.25) is 0 Å². The average Bonchev–Trinajstić information content (AvgIpc) is 2.74. The largest absolute Gasteiger partial charge is 0.508 e. The minimum Gasteiger partial charge on any atom is -0.508 e. The number of phenols is 1. The Morgan fingerprint density at radius 2 is 2.15 bits per heavy atom. The third kappa shape index (κ3) is 3.61. The number of phenolic OH excluding ortho intramolecular Hbond substituents is 1. The van der Waals surface area contributed by atoms with Gasteiger partial charge in [0.15, 0.2) is 0 Å². The topological polar surface area (TPSA) is 58.3 Å². The quantitative estimate of drug-likeness (QED) is 0.794. The maximum Gasteiger partial charge on any atom is 0.137 e. The molecule has 0 bridgehead atoms. The van der Waals surface area contributed by atoms with Crippen molar-refractivity contribution in [3.63, 3.8) is 0 Å². The second kappa shape index (κ2) is 6.57. The van der Waals surface area contributed by atoms with Crippen molar-refractivity contribution in [1.29, 1.82) is 0 Å². The third-order valence-corrected chi connectivity index (χ3v) is 3.61. The minimum absolute atomic E-state index is 0.228. The van der Waals surface area contributed by atoms with Crippen LogP contribution in [0, 0.1) is 13.8 Å². The van der Waals surface area contributed by atoms with Gasteiger partial charge in [-0.25, -0.2) is 0 Å². The summed E-state index contributed by atoms with van der Waals surface area (Å²) in [5.41, 5.74) is 3.31. The first kappa shape index (κ1) is 14.6. The van der Waals surface area contributed by atoms with Gasteiger partial charge in [-0.3, -0.25) is 0 Å². The highest BCUT2D eigenvalue weighted by molar-refractivity contribution is 5.29. The lowest BCUT2D eigenvalue weighted by Crippen LogP contribution is -2.20. The van der Waals surface area contributed by atoms with E-state index in [0.717, 1.165) is 36.4 Å². The lowest BCUT2D eigenvalue weighted by Gasteiger charge is -2.14. The molecule has 1 aromatic carbocycles. The first-order valence-corrected chi connectivity index (χ1v) is 7.02. The molecular formula is C16H22N2O2. The summed E-state index contributed by atoms with van der Waals surface area (Å²) in [7, 11) is 0. The number of hydrogen-bond donors (Lipinski definition) is 2. The molecule has 1 aromatic heterocycles. The Morgan fingerprint density at radius 3 is 2.80 bits per heavy atom. The molecule has 2 aromatic rings. The highest BCUT2D eigenvalue weighted by atomic mass is 16.5. The van der Waals surface area contributed by atoms with Gasteiger partial charge in [-0.05, 0) is 57.9 Å². The zero-order valence-corrected chi connectivity index (χ0v) is 12.3. The molecule has 108 valence electrons. The molecule has 1 unspecified atom stereocenters. The fraction of sp³-hybridized carbons (Fsp3) is 0.438. The second-order valence-corrected chi connectivity index (χ2v) is 5.18. The second-order valence-electron chi connectivity index (χ2n) is 5.18. The molecule has 0 aliphatic rings. The van der Waals surface area contributed by atoms with Crippen molar-refractivity contribution in [2.75, 3.05) is 6.54 Å². The van der Waals surface area contributed by atoms with E-state index in [0.29, 0.717) is 5.75 Å². The number of aryl methyl sites for hydroxylation is 2. The fourth-order valence-corrected chi connectivity index (χ4v) is 2.35. The molecule has 2 rings (SSSR count). The zero-order chi connectivity index (χ0) is 14.5. The molecule has 0 amide bonds. The molecule has 20 heavy (non-hydrogen) atoms. The SMILES string of the molecule is Cc1noc(C)c1CCCNC(C)c1cccc(O)c1. The zero-order valence-electron chi connectivity index (χ0n) is 12.3. The number of nitrogens with zero attached hydrogens (tertiary/aromatic N) is 1. The van der Waals surface area contributed by atoms with E-state index in [1.165, 1.54) is 5.56 Å². The smallest absolute Gasteiger partial charge is 0.137 e. The highest BCUT2D eigenvalue weighted by Crippen LogP contribution is 2.18. The molecule has 0 saturated heterocycles. The molecule has 2 N–H and O–H groups in total. The van der Waals surface area contributed by atoms with Crippen LogP contribution in [0.1, 0.15) is 42.0 Å². The molecule has 1 heterocycles. The van der Waals surface area contributed by atoms with E-state index in [1.807, 2.05) is 26.0 Å². The molecule has 0 saturated carbocycles. The van der Waals surface area contributed by atoms with Gasteiger partial charge in [0, 0.05) is 11.6 Å². The van der Waals surface area contributed by atoms with Crippen LogP contribution in [-0.4, -0.2) is 16.8 Å². The average molecular weight is 274 g/mol. The van der Waals surface area contributed by atoms with Gasteiger partial charge in [0.05, 0.1) is 5.69 Å². The summed E-state index contributed by atoms with van der Waals surface area (Å²) in [6, 6.07) is 7.60. The van der Waals surface area contributed by atoms with Crippen molar-refractivity contribution >= 4 is 0 Å². The van der Waals surface area contributed by atoms with Gasteiger partial charge < -0.3 is 14.9 Å². The predicted molar refractivity (Wildman–Crippen MR) is 78.8 cm³/mol. The van der Waals surface area contributed by atoms with Gasteiger partial charge in [0.1, 0.15) is 11.5 Å². The Hall–Kier alpha value is -1.81. The molecular weight excluding hydrogens is 252 g/mol. The monoisotopic (exact) mass is 274 g/mol. The summed E-state index contributed by atoms with van der Waals surface area (Å²) < 4.78 is 5.16. The summed E-state index contributed by atoms with van der Waals surface area (Å²) in [6.07, 6.45) is 2.01. The lowest BCUT2D eigenvalue weighted by atomic mass is 10.1. The van der Waals surface area contributed by atoms with Crippen molar-refractivity contribution in [2.45, 2.75) is 39.7 Å². The highest BCUT2D eigenvalue weighted by Gasteiger charge is 2.09. The first-order valence-electron chi connectivity index (χ1n) is 7.02. The van der Waals surface area contributed by atoms with E-state index >= 15 is 0 Å². The molecule has 4 nitrogen and oxygen atoms in total. The summed E-state index contributed by atoms with van der Waals surface area (Å²) in [4.78, 5) is 0. The summed E-state index contributed by atoms with van der Waals surface area (Å²) in [5, 5.41) is 16.9. The van der Waals surface area contributed by atoms with Crippen LogP contribution in [0.5, 0.6) is 5.75 Å². The van der Waals surface area contributed by atoms with Gasteiger partial charge in [-0.1, -0.05) is 17.3 Å². The first-order chi connectivity index (χ1) is 9.58. The Kier molecular flexibility index (Phi) is 4.79. The van der Waals surface area contributed by atoms with E-state index < -0.39 is 0 Å². The molecule has 1 atom stereocenters. The van der Waals surface area contributed by atoms with Crippen molar-refractivity contribution in [3.8, 4) is 5.75 Å². The molecule has 0 aliphatic heterocycles. The van der Waals surface area contributed by atoms with Crippen molar-refractivity contribution < 1.29 is 9.63 Å². The van der Waals surface area contributed by atoms with E-state index in [1.54, 1.807) is 12.1 Å². The number of hydrogen-bond acceptors (Lipinski definition) is 4. The molecule has 0 spiro atoms. The molecule has 4 heteroatoms. The lowest BCUT2D eigenvalue weighted by molar-refractivity contribution is 0.392. The Balaban J connectivity index is 1.79. The number of aromatic hydroxyl groups is 1. The molecule has 0 fully saturated rings. The van der Waals surface area contributed by atoms with Crippen LogP contribution in [0.2, 0.25) is 0 Å². The van der Waals surface area contributed by atoms with Crippen molar-refractivity contribution in [1.82, 2.24) is 10.5 Å². The van der Waals surface area contributed by atoms with Crippen LogP contribution in [-0.2, 0) is 6.42 Å². The van der Waals surface area contributed by atoms with Crippen LogP contribution >= 0.6 is 0 Å². The van der Waals surface area contributed by atoms with Crippen LogP contribution < -0.4 is 5.32 Å². The number of rotatable bonds is 6. The third-order valence-electron chi connectivity index (χ3n) is 3.61. The van der Waals surface area contributed by atoms with E-state index in [4.69, 9.17) is 4.52 Å². The fourth-order valence-electron chi connectivity index (χ4n) is 2.35. The van der Waals surface area contributed by atoms with Gasteiger partial charge in [-0.15, -0.1) is 0 Å². The summed E-state index contributed by atoms with van der Waals surface area (Å²) >= 11 is 0. The van der Waals surface area contributed by atoms with Crippen LogP contribution in [0.4, 0.5) is 0 Å². The Morgan fingerprint density at radius 1 is 1.35 bits per heavy atom. The van der Waals surface area contributed by atoms with Gasteiger partial charge >= 0.3 is 0 Å². The Bertz CT molecular complexity index is 544. The van der Waals surface area contributed by atoms with E-state index in [2.05, 4.69) is 17.4 Å². The molecule has 0 aliphatic carbocycles. The van der Waals surface area contributed by atoms with Crippen LogP contribution in [0.15, 0.2) is 28.8 Å². The van der Waals surface area contributed by atoms with Crippen molar-refractivity contribution in [3.05, 3.63) is 46.8 Å². The van der Waals surface area contributed by atoms with E-state index in [9.17, 15) is 5.11 Å². The standard InChI is InChI=1S/C16H22N2O2/c1-11(14-6-4-7-15(19)10-14)17-9-5-8-16-12(2)18-20-13(16)3/h4,6-7,10-11,17,19H,5,8-9H2,1-3H3. The Labute approximate surface area is 119 Å². The number of nitrogens with one attached hydrogen (secondary N) is 1. The van der Waals surface area contributed by atoms with Gasteiger partial charge in [-0.2, -0.15) is 0 Å². The van der Waals surface area contributed by atoms with Crippen molar-refractivity contribution in [2.24, 2.45) is 0 Å². The maximum absolute atomic E-state index is 9.47. The summed E-state index contributed by atoms with van der Waals surface area (Å²) in [5.74, 6) is 1.23. The predicted octanol–water partition coefficient (Wildman–Crippen LogP) is 3.28. The van der Waals surface area contributed by atoms with Crippen LogP contribution in [0.3, 0.4) is 0 Å². The normalized spacial score (nSPS) is 12.6. The van der Waals surface area contributed by atoms with Gasteiger partial charge in [0.25, 0.3) is 0 Å². The number of aromatic nitrogens is 1. The summed E-state index contributed by atoms with van der Waals surface area (Å²) in [6.45, 7) is 6.96. The maximum atomic E-state index is 9.47. The minimum atomic E-state index is 0.228. The van der Waals surface area contributed by atoms with E-state index in [-0.39, 0.29) is 6.04 Å².